The van der Waals surface area contributed by atoms with Crippen molar-refractivity contribution in [3.63, 3.8) is 0 Å². The largest absolute Gasteiger partial charge is 0.497 e. The van der Waals surface area contributed by atoms with Crippen LogP contribution in [0.2, 0.25) is 0 Å². The standard InChI is InChI=1S/C20H19N3O4/c1-13-7-19(22-12-21-13)23-15-5-4-6-16(10-15)27-20(24)14-8-17(25-2)11-18(9-14)26-3/h4-12H,1-3H3,(H,21,22,23). The summed E-state index contributed by atoms with van der Waals surface area (Å²) in [4.78, 5) is 20.7. The van der Waals surface area contributed by atoms with E-state index in [0.717, 1.165) is 11.4 Å². The molecule has 2 aromatic carbocycles. The number of nitrogens with zero attached hydrogens (tertiary/aromatic N) is 2. The maximum absolute atomic E-state index is 12.5. The molecule has 0 atom stereocenters. The number of ether oxygens (including phenoxy) is 3. The van der Waals surface area contributed by atoms with Crippen molar-refractivity contribution in [1.29, 1.82) is 0 Å². The highest BCUT2D eigenvalue weighted by atomic mass is 16.5. The molecule has 1 aromatic heterocycles. The molecule has 0 spiro atoms. The lowest BCUT2D eigenvalue weighted by molar-refractivity contribution is 0.0734. The maximum Gasteiger partial charge on any atom is 0.343 e. The summed E-state index contributed by atoms with van der Waals surface area (Å²) < 4.78 is 15.8. The van der Waals surface area contributed by atoms with E-state index in [4.69, 9.17) is 14.2 Å². The predicted molar refractivity (Wildman–Crippen MR) is 101 cm³/mol. The number of aromatic nitrogens is 2. The third-order valence-corrected chi connectivity index (χ3v) is 3.71. The Hall–Kier alpha value is -3.61. The molecule has 3 aromatic rings. The Bertz CT molecular complexity index is 937. The molecule has 1 heterocycles. The summed E-state index contributed by atoms with van der Waals surface area (Å²) in [5, 5.41) is 3.15. The number of hydrogen-bond donors (Lipinski definition) is 1. The van der Waals surface area contributed by atoms with Crippen molar-refractivity contribution < 1.29 is 19.0 Å². The highest BCUT2D eigenvalue weighted by molar-refractivity contribution is 5.92. The number of methoxy groups -OCH3 is 2. The molecule has 7 heteroatoms. The van der Waals surface area contributed by atoms with Crippen LogP contribution in [0.1, 0.15) is 16.1 Å². The molecule has 1 N–H and O–H groups in total. The quantitative estimate of drug-likeness (QED) is 0.526. The number of anilines is 2. The first-order chi connectivity index (χ1) is 13.1. The number of rotatable bonds is 6. The fourth-order valence-electron chi connectivity index (χ4n) is 2.40. The Labute approximate surface area is 156 Å². The van der Waals surface area contributed by atoms with Crippen LogP contribution in [0, 0.1) is 6.92 Å². The van der Waals surface area contributed by atoms with Gasteiger partial charge in [-0.15, -0.1) is 0 Å². The van der Waals surface area contributed by atoms with Crippen molar-refractivity contribution in [2.24, 2.45) is 0 Å². The lowest BCUT2D eigenvalue weighted by Gasteiger charge is -2.10. The second-order valence-corrected chi connectivity index (χ2v) is 5.69. The van der Waals surface area contributed by atoms with Crippen LogP contribution in [0.3, 0.4) is 0 Å². The van der Waals surface area contributed by atoms with E-state index in [9.17, 15) is 4.79 Å². The topological polar surface area (TPSA) is 82.6 Å². The number of esters is 1. The minimum absolute atomic E-state index is 0.330. The van der Waals surface area contributed by atoms with Gasteiger partial charge in [-0.2, -0.15) is 0 Å². The van der Waals surface area contributed by atoms with Gasteiger partial charge < -0.3 is 19.5 Å². The third-order valence-electron chi connectivity index (χ3n) is 3.71. The monoisotopic (exact) mass is 365 g/mol. The van der Waals surface area contributed by atoms with Gasteiger partial charge in [-0.05, 0) is 31.2 Å². The zero-order valence-corrected chi connectivity index (χ0v) is 15.2. The number of carbonyl (C=O) groups is 1. The number of aryl methyl sites for hydroxylation is 1. The highest BCUT2D eigenvalue weighted by Gasteiger charge is 2.13. The van der Waals surface area contributed by atoms with Gasteiger partial charge >= 0.3 is 5.97 Å². The summed E-state index contributed by atoms with van der Waals surface area (Å²) in [6, 6.07) is 13.7. The fourth-order valence-corrected chi connectivity index (χ4v) is 2.40. The lowest BCUT2D eigenvalue weighted by Crippen LogP contribution is -2.09. The molecule has 0 unspecified atom stereocenters. The molecular weight excluding hydrogens is 346 g/mol. The smallest absolute Gasteiger partial charge is 0.343 e. The van der Waals surface area contributed by atoms with Gasteiger partial charge in [-0.1, -0.05) is 6.07 Å². The minimum Gasteiger partial charge on any atom is -0.497 e. The van der Waals surface area contributed by atoms with E-state index < -0.39 is 5.97 Å². The minimum atomic E-state index is -0.512. The van der Waals surface area contributed by atoms with Gasteiger partial charge in [-0.25, -0.2) is 14.8 Å². The van der Waals surface area contributed by atoms with Crippen LogP contribution in [0.15, 0.2) is 54.9 Å². The Morgan fingerprint density at radius 2 is 1.67 bits per heavy atom. The third kappa shape index (κ3) is 4.72. The summed E-state index contributed by atoms with van der Waals surface area (Å²) in [5.74, 6) is 1.56. The van der Waals surface area contributed by atoms with E-state index in [1.807, 2.05) is 19.1 Å². The molecule has 0 saturated heterocycles. The van der Waals surface area contributed by atoms with Crippen LogP contribution in [0.4, 0.5) is 11.5 Å². The van der Waals surface area contributed by atoms with E-state index in [1.54, 1.807) is 36.4 Å². The molecule has 0 radical (unpaired) electrons. The molecule has 27 heavy (non-hydrogen) atoms. The van der Waals surface area contributed by atoms with Gasteiger partial charge in [0.15, 0.2) is 0 Å². The molecule has 0 bridgehead atoms. The summed E-state index contributed by atoms with van der Waals surface area (Å²) in [6.07, 6.45) is 1.48. The molecule has 0 amide bonds. The molecule has 138 valence electrons. The van der Waals surface area contributed by atoms with Gasteiger partial charge in [0.1, 0.15) is 29.4 Å². The summed E-state index contributed by atoms with van der Waals surface area (Å²) >= 11 is 0. The van der Waals surface area contributed by atoms with E-state index in [0.29, 0.717) is 28.6 Å². The van der Waals surface area contributed by atoms with Crippen molar-refractivity contribution in [2.75, 3.05) is 19.5 Å². The number of nitrogens with one attached hydrogen (secondary N) is 1. The molecule has 0 fully saturated rings. The van der Waals surface area contributed by atoms with Gasteiger partial charge in [0.05, 0.1) is 19.8 Å². The predicted octanol–water partition coefficient (Wildman–Crippen LogP) is 3.77. The molecule has 0 aliphatic heterocycles. The van der Waals surface area contributed by atoms with Crippen LogP contribution in [-0.2, 0) is 0 Å². The average molecular weight is 365 g/mol. The number of hydrogen-bond acceptors (Lipinski definition) is 7. The molecule has 0 saturated carbocycles. The van der Waals surface area contributed by atoms with Crippen LogP contribution < -0.4 is 19.5 Å². The second-order valence-electron chi connectivity index (χ2n) is 5.69. The van der Waals surface area contributed by atoms with Crippen molar-refractivity contribution in [2.45, 2.75) is 6.92 Å². The average Bonchev–Trinajstić information content (AvgIpc) is 2.67. The van der Waals surface area contributed by atoms with Gasteiger partial charge in [-0.3, -0.25) is 0 Å². The van der Waals surface area contributed by atoms with Crippen molar-refractivity contribution in [3.8, 4) is 17.2 Å². The van der Waals surface area contributed by atoms with E-state index in [2.05, 4.69) is 15.3 Å². The summed E-state index contributed by atoms with van der Waals surface area (Å²) in [5.41, 5.74) is 1.92. The molecule has 7 nitrogen and oxygen atoms in total. The van der Waals surface area contributed by atoms with Gasteiger partial charge in [0.25, 0.3) is 0 Å². The van der Waals surface area contributed by atoms with Crippen molar-refractivity contribution in [3.05, 3.63) is 66.1 Å². The SMILES string of the molecule is COc1cc(OC)cc(C(=O)Oc2cccc(Nc3cc(C)ncn3)c2)c1. The summed E-state index contributed by atoms with van der Waals surface area (Å²) in [7, 11) is 3.04. The highest BCUT2D eigenvalue weighted by Crippen LogP contribution is 2.25. The lowest BCUT2D eigenvalue weighted by atomic mass is 10.2. The zero-order valence-electron chi connectivity index (χ0n) is 15.2. The first kappa shape index (κ1) is 18.2. The zero-order chi connectivity index (χ0) is 19.2. The van der Waals surface area contributed by atoms with Crippen molar-refractivity contribution in [1.82, 2.24) is 9.97 Å². The first-order valence-electron chi connectivity index (χ1n) is 8.18. The Balaban J connectivity index is 1.77. The normalized spacial score (nSPS) is 10.2. The first-order valence-corrected chi connectivity index (χ1v) is 8.18. The van der Waals surface area contributed by atoms with E-state index >= 15 is 0 Å². The molecule has 3 rings (SSSR count). The van der Waals surface area contributed by atoms with Crippen LogP contribution in [0.5, 0.6) is 17.2 Å². The number of carbonyl (C=O) groups excluding carboxylic acids is 1. The summed E-state index contributed by atoms with van der Waals surface area (Å²) in [6.45, 7) is 1.88. The Kier molecular flexibility index (Phi) is 5.51. The van der Waals surface area contributed by atoms with E-state index in [1.165, 1.54) is 20.5 Å². The van der Waals surface area contributed by atoms with Crippen LogP contribution in [-0.4, -0.2) is 30.2 Å². The molecular formula is C20H19N3O4. The van der Waals surface area contributed by atoms with Crippen LogP contribution in [0.25, 0.3) is 0 Å². The van der Waals surface area contributed by atoms with Crippen molar-refractivity contribution >= 4 is 17.5 Å². The fraction of sp³-hybridized carbons (Fsp3) is 0.150. The molecule has 0 aliphatic carbocycles. The second kappa shape index (κ2) is 8.18. The van der Waals surface area contributed by atoms with Gasteiger partial charge in [0, 0.05) is 29.6 Å². The maximum atomic E-state index is 12.5. The van der Waals surface area contributed by atoms with Crippen LogP contribution >= 0.6 is 0 Å². The number of benzene rings is 2. The van der Waals surface area contributed by atoms with Gasteiger partial charge in [0.2, 0.25) is 0 Å². The Morgan fingerprint density at radius 1 is 0.926 bits per heavy atom. The van der Waals surface area contributed by atoms with E-state index in [-0.39, 0.29) is 0 Å². The molecule has 0 aliphatic rings. The Morgan fingerprint density at radius 3 is 2.33 bits per heavy atom.